The number of carbonyl (C=O) groups is 2. The number of rotatable bonds is 3. The van der Waals surface area contributed by atoms with Crippen molar-refractivity contribution >= 4 is 11.9 Å². The second-order valence-electron chi connectivity index (χ2n) is 5.33. The van der Waals surface area contributed by atoms with E-state index in [1.807, 2.05) is 32.9 Å². The van der Waals surface area contributed by atoms with Crippen LogP contribution in [0, 0.1) is 0 Å². The van der Waals surface area contributed by atoms with Gasteiger partial charge >= 0.3 is 5.97 Å². The molecule has 0 spiro atoms. The van der Waals surface area contributed by atoms with Gasteiger partial charge in [-0.1, -0.05) is 39.0 Å². The van der Waals surface area contributed by atoms with Crippen LogP contribution in [0.4, 0.5) is 0 Å². The Kier molecular flexibility index (Phi) is 4.11. The molecule has 1 unspecified atom stereocenters. The minimum absolute atomic E-state index is 0.166. The molecular weight excluding hydrogens is 230 g/mol. The van der Waals surface area contributed by atoms with E-state index in [1.165, 1.54) is 6.92 Å². The predicted octanol–water partition coefficient (Wildman–Crippen LogP) is 2.19. The molecule has 0 aromatic heterocycles. The topological polar surface area (TPSA) is 66.4 Å². The van der Waals surface area contributed by atoms with E-state index in [-0.39, 0.29) is 11.3 Å². The van der Waals surface area contributed by atoms with E-state index >= 15 is 0 Å². The number of carboxylic acids is 1. The Morgan fingerprint density at radius 2 is 1.78 bits per heavy atom. The van der Waals surface area contributed by atoms with Crippen LogP contribution in [-0.2, 0) is 10.2 Å². The summed E-state index contributed by atoms with van der Waals surface area (Å²) in [4.78, 5) is 22.8. The lowest BCUT2D eigenvalue weighted by Gasteiger charge is -2.22. The van der Waals surface area contributed by atoms with Gasteiger partial charge in [0.15, 0.2) is 0 Å². The highest BCUT2D eigenvalue weighted by Gasteiger charge is 2.23. The Morgan fingerprint density at radius 3 is 2.28 bits per heavy atom. The van der Waals surface area contributed by atoms with Gasteiger partial charge in [0, 0.05) is 5.56 Å². The van der Waals surface area contributed by atoms with Gasteiger partial charge in [-0.25, -0.2) is 0 Å². The normalized spacial score (nSPS) is 12.9. The number of hydrogen-bond acceptors (Lipinski definition) is 2. The fourth-order valence-electron chi connectivity index (χ4n) is 1.67. The first-order chi connectivity index (χ1) is 8.23. The first-order valence-electron chi connectivity index (χ1n) is 5.86. The van der Waals surface area contributed by atoms with Gasteiger partial charge in [0.05, 0.1) is 0 Å². The summed E-state index contributed by atoms with van der Waals surface area (Å²) in [5.41, 5.74) is 1.26. The lowest BCUT2D eigenvalue weighted by Crippen LogP contribution is -2.39. The number of carboxylic acid groups (broad SMARTS) is 1. The van der Waals surface area contributed by atoms with Gasteiger partial charge in [-0.15, -0.1) is 0 Å². The number of amides is 1. The maximum atomic E-state index is 12.1. The van der Waals surface area contributed by atoms with Crippen molar-refractivity contribution in [3.05, 3.63) is 35.4 Å². The highest BCUT2D eigenvalue weighted by atomic mass is 16.4. The second-order valence-corrected chi connectivity index (χ2v) is 5.33. The molecule has 1 atom stereocenters. The third-order valence-electron chi connectivity index (χ3n) is 2.70. The molecule has 0 aliphatic rings. The van der Waals surface area contributed by atoms with Crippen LogP contribution in [0.5, 0.6) is 0 Å². The summed E-state index contributed by atoms with van der Waals surface area (Å²) >= 11 is 0. The van der Waals surface area contributed by atoms with Crippen molar-refractivity contribution in [3.8, 4) is 0 Å². The molecule has 0 heterocycles. The van der Waals surface area contributed by atoms with Gasteiger partial charge < -0.3 is 10.4 Å². The third-order valence-corrected chi connectivity index (χ3v) is 2.70. The molecule has 0 bridgehead atoms. The Balaban J connectivity index is 3.03. The summed E-state index contributed by atoms with van der Waals surface area (Å²) in [6.45, 7) is 7.49. The molecule has 0 radical (unpaired) electrons. The van der Waals surface area contributed by atoms with Crippen LogP contribution >= 0.6 is 0 Å². The summed E-state index contributed by atoms with van der Waals surface area (Å²) in [5.74, 6) is -1.40. The van der Waals surface area contributed by atoms with E-state index in [0.717, 1.165) is 5.56 Å². The maximum absolute atomic E-state index is 12.1. The highest BCUT2D eigenvalue weighted by Crippen LogP contribution is 2.25. The van der Waals surface area contributed by atoms with E-state index in [0.29, 0.717) is 5.56 Å². The summed E-state index contributed by atoms with van der Waals surface area (Å²) in [6, 6.07) is 6.35. The number of benzene rings is 1. The van der Waals surface area contributed by atoms with Crippen LogP contribution < -0.4 is 5.32 Å². The molecule has 4 nitrogen and oxygen atoms in total. The summed E-state index contributed by atoms with van der Waals surface area (Å²) in [6.07, 6.45) is 0. The van der Waals surface area contributed by atoms with E-state index in [4.69, 9.17) is 5.11 Å². The Morgan fingerprint density at radius 1 is 1.22 bits per heavy atom. The fourth-order valence-corrected chi connectivity index (χ4v) is 1.67. The molecule has 0 aliphatic heterocycles. The number of carbonyl (C=O) groups excluding carboxylic acids is 1. The quantitative estimate of drug-likeness (QED) is 0.863. The molecule has 0 fully saturated rings. The van der Waals surface area contributed by atoms with Gasteiger partial charge in [0.1, 0.15) is 6.04 Å². The molecular formula is C14H19NO3. The Labute approximate surface area is 107 Å². The van der Waals surface area contributed by atoms with Gasteiger partial charge in [-0.3, -0.25) is 9.59 Å². The standard InChI is InChI=1S/C14H19NO3/c1-9(13(17)18)15-12(16)10-7-5-6-8-11(10)14(2,3)4/h5-9H,1-4H3,(H,15,16)(H,17,18). The molecule has 1 aromatic carbocycles. The van der Waals surface area contributed by atoms with Crippen LogP contribution in [0.1, 0.15) is 43.6 Å². The average Bonchev–Trinajstić information content (AvgIpc) is 2.27. The first kappa shape index (κ1) is 14.2. The van der Waals surface area contributed by atoms with Crippen molar-refractivity contribution in [2.24, 2.45) is 0 Å². The molecule has 1 aromatic rings. The van der Waals surface area contributed by atoms with Crippen molar-refractivity contribution in [2.45, 2.75) is 39.2 Å². The summed E-state index contributed by atoms with van der Waals surface area (Å²) in [7, 11) is 0. The summed E-state index contributed by atoms with van der Waals surface area (Å²) < 4.78 is 0. The van der Waals surface area contributed by atoms with Gasteiger partial charge in [0.25, 0.3) is 5.91 Å². The minimum Gasteiger partial charge on any atom is -0.480 e. The van der Waals surface area contributed by atoms with Crippen LogP contribution in [0.25, 0.3) is 0 Å². The maximum Gasteiger partial charge on any atom is 0.325 e. The van der Waals surface area contributed by atoms with Gasteiger partial charge in [-0.2, -0.15) is 0 Å². The molecule has 4 heteroatoms. The molecule has 0 saturated heterocycles. The number of aliphatic carboxylic acids is 1. The second kappa shape index (κ2) is 5.21. The smallest absolute Gasteiger partial charge is 0.325 e. The van der Waals surface area contributed by atoms with E-state index < -0.39 is 12.0 Å². The Bertz CT molecular complexity index is 460. The minimum atomic E-state index is -1.04. The van der Waals surface area contributed by atoms with Crippen LogP contribution in [-0.4, -0.2) is 23.0 Å². The zero-order chi connectivity index (χ0) is 13.9. The fraction of sp³-hybridized carbons (Fsp3) is 0.429. The monoisotopic (exact) mass is 249 g/mol. The average molecular weight is 249 g/mol. The van der Waals surface area contributed by atoms with Crippen molar-refractivity contribution in [3.63, 3.8) is 0 Å². The third kappa shape index (κ3) is 3.32. The van der Waals surface area contributed by atoms with Crippen molar-refractivity contribution in [1.29, 1.82) is 0 Å². The first-order valence-corrected chi connectivity index (χ1v) is 5.86. The zero-order valence-electron chi connectivity index (χ0n) is 11.2. The lowest BCUT2D eigenvalue weighted by molar-refractivity contribution is -0.138. The zero-order valence-corrected chi connectivity index (χ0v) is 11.2. The van der Waals surface area contributed by atoms with Gasteiger partial charge in [-0.05, 0) is 24.0 Å². The molecule has 0 saturated carbocycles. The van der Waals surface area contributed by atoms with Crippen LogP contribution in [0.3, 0.4) is 0 Å². The molecule has 98 valence electrons. The molecule has 1 amide bonds. The summed E-state index contributed by atoms with van der Waals surface area (Å²) in [5, 5.41) is 11.3. The van der Waals surface area contributed by atoms with Crippen LogP contribution in [0.2, 0.25) is 0 Å². The SMILES string of the molecule is CC(NC(=O)c1ccccc1C(C)(C)C)C(=O)O. The molecule has 1 rings (SSSR count). The molecule has 0 aliphatic carbocycles. The van der Waals surface area contributed by atoms with E-state index in [2.05, 4.69) is 5.32 Å². The predicted molar refractivity (Wildman–Crippen MR) is 69.7 cm³/mol. The van der Waals surface area contributed by atoms with Crippen LogP contribution in [0.15, 0.2) is 24.3 Å². The van der Waals surface area contributed by atoms with Gasteiger partial charge in [0.2, 0.25) is 0 Å². The Hall–Kier alpha value is -1.84. The largest absolute Gasteiger partial charge is 0.480 e. The van der Waals surface area contributed by atoms with Crippen molar-refractivity contribution in [1.82, 2.24) is 5.32 Å². The highest BCUT2D eigenvalue weighted by molar-refractivity contribution is 5.98. The molecule has 2 N–H and O–H groups in total. The number of nitrogens with one attached hydrogen (secondary N) is 1. The molecule has 18 heavy (non-hydrogen) atoms. The van der Waals surface area contributed by atoms with Crippen molar-refractivity contribution in [2.75, 3.05) is 0 Å². The van der Waals surface area contributed by atoms with E-state index in [9.17, 15) is 9.59 Å². The van der Waals surface area contributed by atoms with Crippen molar-refractivity contribution < 1.29 is 14.7 Å². The van der Waals surface area contributed by atoms with E-state index in [1.54, 1.807) is 12.1 Å². The lowest BCUT2D eigenvalue weighted by atomic mass is 9.83. The number of hydrogen-bond donors (Lipinski definition) is 2.